The number of amides is 1. The Morgan fingerprint density at radius 3 is 2.87 bits per heavy atom. The van der Waals surface area contributed by atoms with E-state index in [-0.39, 0.29) is 5.91 Å². The summed E-state index contributed by atoms with van der Waals surface area (Å²) in [6, 6.07) is 8.39. The second-order valence-electron chi connectivity index (χ2n) is 3.77. The minimum absolute atomic E-state index is 0.261. The van der Waals surface area contributed by atoms with Gasteiger partial charge in [-0.2, -0.15) is 11.8 Å². The predicted molar refractivity (Wildman–Crippen MR) is 63.9 cm³/mol. The molecule has 0 unspecified atom stereocenters. The van der Waals surface area contributed by atoms with Crippen LogP contribution in [0.5, 0.6) is 0 Å². The zero-order valence-corrected chi connectivity index (χ0v) is 9.72. The molecule has 2 nitrogen and oxygen atoms in total. The van der Waals surface area contributed by atoms with E-state index in [1.165, 1.54) is 11.1 Å². The van der Waals surface area contributed by atoms with Gasteiger partial charge in [0.25, 0.3) is 0 Å². The standard InChI is InChI=1S/C12H15NOS/c1-15-9-12(14)13-7-6-10-4-2-3-5-11(10)8-13/h2-5H,6-9H2,1H3. The van der Waals surface area contributed by atoms with Gasteiger partial charge in [-0.05, 0) is 23.8 Å². The van der Waals surface area contributed by atoms with Crippen molar-refractivity contribution in [2.45, 2.75) is 13.0 Å². The van der Waals surface area contributed by atoms with E-state index in [0.29, 0.717) is 5.75 Å². The molecular weight excluding hydrogens is 206 g/mol. The number of hydrogen-bond donors (Lipinski definition) is 0. The highest BCUT2D eigenvalue weighted by Gasteiger charge is 2.19. The first-order chi connectivity index (χ1) is 7.31. The van der Waals surface area contributed by atoms with E-state index in [1.807, 2.05) is 17.2 Å². The van der Waals surface area contributed by atoms with Crippen molar-refractivity contribution in [1.29, 1.82) is 0 Å². The van der Waals surface area contributed by atoms with E-state index in [9.17, 15) is 4.79 Å². The molecule has 2 rings (SSSR count). The average Bonchev–Trinajstić information content (AvgIpc) is 2.29. The lowest BCUT2D eigenvalue weighted by atomic mass is 10.00. The van der Waals surface area contributed by atoms with E-state index in [1.54, 1.807) is 11.8 Å². The van der Waals surface area contributed by atoms with Crippen molar-refractivity contribution < 1.29 is 4.79 Å². The highest BCUT2D eigenvalue weighted by Crippen LogP contribution is 2.18. The van der Waals surface area contributed by atoms with Crippen molar-refractivity contribution in [3.05, 3.63) is 35.4 Å². The number of carbonyl (C=O) groups excluding carboxylic acids is 1. The Kier molecular flexibility index (Phi) is 3.31. The largest absolute Gasteiger partial charge is 0.337 e. The van der Waals surface area contributed by atoms with Crippen LogP contribution in [0, 0.1) is 0 Å². The number of fused-ring (bicyclic) bond motifs is 1. The second kappa shape index (κ2) is 4.71. The van der Waals surface area contributed by atoms with E-state index in [4.69, 9.17) is 0 Å². The van der Waals surface area contributed by atoms with E-state index in [0.717, 1.165) is 19.5 Å². The van der Waals surface area contributed by atoms with Gasteiger partial charge in [-0.15, -0.1) is 0 Å². The van der Waals surface area contributed by atoms with Crippen molar-refractivity contribution in [3.8, 4) is 0 Å². The van der Waals surface area contributed by atoms with Gasteiger partial charge in [0.15, 0.2) is 0 Å². The van der Waals surface area contributed by atoms with E-state index < -0.39 is 0 Å². The van der Waals surface area contributed by atoms with Crippen LogP contribution in [0.2, 0.25) is 0 Å². The summed E-state index contributed by atoms with van der Waals surface area (Å²) in [5, 5.41) is 0. The van der Waals surface area contributed by atoms with Crippen molar-refractivity contribution in [2.75, 3.05) is 18.6 Å². The molecule has 1 aromatic carbocycles. The maximum atomic E-state index is 11.7. The molecule has 0 spiro atoms. The molecule has 1 aliphatic heterocycles. The van der Waals surface area contributed by atoms with Gasteiger partial charge >= 0.3 is 0 Å². The first-order valence-corrected chi connectivity index (χ1v) is 6.54. The lowest BCUT2D eigenvalue weighted by molar-refractivity contribution is -0.129. The number of carbonyl (C=O) groups is 1. The molecule has 80 valence electrons. The Bertz CT molecular complexity index is 364. The number of hydrogen-bond acceptors (Lipinski definition) is 2. The fourth-order valence-electron chi connectivity index (χ4n) is 1.92. The Hall–Kier alpha value is -0.960. The van der Waals surface area contributed by atoms with Gasteiger partial charge in [0, 0.05) is 13.1 Å². The summed E-state index contributed by atoms with van der Waals surface area (Å²) in [6.45, 7) is 1.66. The van der Waals surface area contributed by atoms with E-state index in [2.05, 4.69) is 18.2 Å². The molecule has 1 amide bonds. The predicted octanol–water partition coefficient (Wildman–Crippen LogP) is 1.93. The molecule has 15 heavy (non-hydrogen) atoms. The minimum Gasteiger partial charge on any atom is -0.337 e. The van der Waals surface area contributed by atoms with Gasteiger partial charge in [0.2, 0.25) is 5.91 Å². The molecule has 0 bridgehead atoms. The SMILES string of the molecule is CSCC(=O)N1CCc2ccccc2C1. The van der Waals surface area contributed by atoms with Crippen molar-refractivity contribution in [2.24, 2.45) is 0 Å². The molecule has 0 radical (unpaired) electrons. The smallest absolute Gasteiger partial charge is 0.232 e. The molecule has 0 saturated heterocycles. The molecule has 0 fully saturated rings. The summed E-state index contributed by atoms with van der Waals surface area (Å²) in [7, 11) is 0. The number of benzene rings is 1. The van der Waals surface area contributed by atoms with Crippen LogP contribution in [-0.4, -0.2) is 29.4 Å². The Morgan fingerprint density at radius 2 is 2.13 bits per heavy atom. The van der Waals surface area contributed by atoms with Crippen LogP contribution >= 0.6 is 11.8 Å². The van der Waals surface area contributed by atoms with Gasteiger partial charge < -0.3 is 4.90 Å². The van der Waals surface area contributed by atoms with Gasteiger partial charge in [-0.25, -0.2) is 0 Å². The quantitative estimate of drug-likeness (QED) is 0.760. The third-order valence-electron chi connectivity index (χ3n) is 2.75. The summed E-state index contributed by atoms with van der Waals surface area (Å²) in [5.41, 5.74) is 2.70. The molecule has 1 aliphatic rings. The van der Waals surface area contributed by atoms with Gasteiger partial charge in [-0.1, -0.05) is 24.3 Å². The number of rotatable bonds is 2. The second-order valence-corrected chi connectivity index (χ2v) is 4.63. The lowest BCUT2D eigenvalue weighted by Crippen LogP contribution is -2.36. The third-order valence-corrected chi connectivity index (χ3v) is 3.29. The van der Waals surface area contributed by atoms with Gasteiger partial charge in [0.05, 0.1) is 5.75 Å². The summed E-state index contributed by atoms with van der Waals surface area (Å²) in [6.07, 6.45) is 2.96. The summed E-state index contributed by atoms with van der Waals surface area (Å²) in [4.78, 5) is 13.7. The van der Waals surface area contributed by atoms with E-state index >= 15 is 0 Å². The highest BCUT2D eigenvalue weighted by atomic mass is 32.2. The van der Waals surface area contributed by atoms with Crippen LogP contribution in [0.25, 0.3) is 0 Å². The molecule has 1 aromatic rings. The Labute approximate surface area is 94.7 Å². The molecule has 0 aliphatic carbocycles. The molecular formula is C12H15NOS. The van der Waals surface area contributed by atoms with Crippen LogP contribution in [-0.2, 0) is 17.8 Å². The normalized spacial score (nSPS) is 14.9. The number of thioether (sulfide) groups is 1. The van der Waals surface area contributed by atoms with Gasteiger partial charge in [-0.3, -0.25) is 4.79 Å². The zero-order chi connectivity index (χ0) is 10.7. The van der Waals surface area contributed by atoms with Gasteiger partial charge in [0.1, 0.15) is 0 Å². The van der Waals surface area contributed by atoms with Crippen molar-refractivity contribution in [1.82, 2.24) is 4.90 Å². The fraction of sp³-hybridized carbons (Fsp3) is 0.417. The summed E-state index contributed by atoms with van der Waals surface area (Å²) < 4.78 is 0. The van der Waals surface area contributed by atoms with Crippen LogP contribution in [0.15, 0.2) is 24.3 Å². The highest BCUT2D eigenvalue weighted by molar-refractivity contribution is 7.99. The Morgan fingerprint density at radius 1 is 1.40 bits per heavy atom. The maximum Gasteiger partial charge on any atom is 0.232 e. The van der Waals surface area contributed by atoms with Crippen LogP contribution in [0.3, 0.4) is 0 Å². The number of nitrogens with zero attached hydrogens (tertiary/aromatic N) is 1. The first kappa shape index (κ1) is 10.6. The lowest BCUT2D eigenvalue weighted by Gasteiger charge is -2.28. The Balaban J connectivity index is 2.08. The molecule has 3 heteroatoms. The molecule has 0 atom stereocenters. The fourth-order valence-corrected chi connectivity index (χ4v) is 2.35. The molecule has 0 aromatic heterocycles. The van der Waals surface area contributed by atoms with Crippen LogP contribution < -0.4 is 0 Å². The average molecular weight is 221 g/mol. The zero-order valence-electron chi connectivity index (χ0n) is 8.90. The molecule has 0 N–H and O–H groups in total. The maximum absolute atomic E-state index is 11.7. The van der Waals surface area contributed by atoms with Crippen molar-refractivity contribution in [3.63, 3.8) is 0 Å². The summed E-state index contributed by atoms with van der Waals surface area (Å²) >= 11 is 1.59. The first-order valence-electron chi connectivity index (χ1n) is 5.15. The summed E-state index contributed by atoms with van der Waals surface area (Å²) in [5.74, 6) is 0.860. The molecule has 1 heterocycles. The van der Waals surface area contributed by atoms with Crippen molar-refractivity contribution >= 4 is 17.7 Å². The third kappa shape index (κ3) is 2.34. The monoisotopic (exact) mass is 221 g/mol. The van der Waals surface area contributed by atoms with Crippen LogP contribution in [0.1, 0.15) is 11.1 Å². The van der Waals surface area contributed by atoms with Crippen LogP contribution in [0.4, 0.5) is 0 Å². The topological polar surface area (TPSA) is 20.3 Å². The molecule has 0 saturated carbocycles. The minimum atomic E-state index is 0.261.